The number of aromatic nitrogens is 2. The molecule has 194 valence electrons. The Kier molecular flexibility index (Phi) is 8.88. The third-order valence-electron chi connectivity index (χ3n) is 6.90. The van der Waals surface area contributed by atoms with E-state index in [1.165, 1.54) is 11.1 Å². The highest BCUT2D eigenvalue weighted by molar-refractivity contribution is 5.43. The van der Waals surface area contributed by atoms with Crippen molar-refractivity contribution in [1.82, 2.24) is 14.5 Å². The maximum Gasteiger partial charge on any atom is 0.161 e. The van der Waals surface area contributed by atoms with Crippen LogP contribution in [-0.4, -0.2) is 58.6 Å². The fourth-order valence-corrected chi connectivity index (χ4v) is 4.63. The van der Waals surface area contributed by atoms with Gasteiger partial charge < -0.3 is 23.9 Å². The summed E-state index contributed by atoms with van der Waals surface area (Å²) in [5.41, 5.74) is 1.57. The molecule has 36 heavy (non-hydrogen) atoms. The number of nitrogens with zero attached hydrogens (tertiary/aromatic N) is 3. The molecule has 1 atom stereocenters. The van der Waals surface area contributed by atoms with Crippen LogP contribution in [0.3, 0.4) is 0 Å². The minimum atomic E-state index is -0.801. The molecule has 7 nitrogen and oxygen atoms in total. The van der Waals surface area contributed by atoms with Crippen LogP contribution in [0.15, 0.2) is 54.9 Å². The maximum absolute atomic E-state index is 11.2. The molecule has 4 rings (SSSR count). The molecular weight excluding hydrogens is 454 g/mol. The monoisotopic (exact) mass is 493 g/mol. The van der Waals surface area contributed by atoms with Crippen molar-refractivity contribution in [2.75, 3.05) is 33.4 Å². The second-order valence-corrected chi connectivity index (χ2v) is 9.81. The van der Waals surface area contributed by atoms with E-state index in [1.54, 1.807) is 7.11 Å². The zero-order valence-electron chi connectivity index (χ0n) is 21.8. The van der Waals surface area contributed by atoms with E-state index in [0.717, 1.165) is 68.5 Å². The Morgan fingerprint density at radius 1 is 1.00 bits per heavy atom. The van der Waals surface area contributed by atoms with E-state index >= 15 is 0 Å². The van der Waals surface area contributed by atoms with E-state index in [-0.39, 0.29) is 0 Å². The molecule has 2 heterocycles. The lowest BCUT2D eigenvalue weighted by atomic mass is 9.96. The van der Waals surface area contributed by atoms with Gasteiger partial charge in [-0.15, -0.1) is 0 Å². The summed E-state index contributed by atoms with van der Waals surface area (Å²) in [6.07, 6.45) is 7.07. The SMILES string of the molecule is COc1cc(CN2CCC[C@@](O)(COc3ccc(C)cc3)CC2)ccc1OCCCn1ccnc1C. The lowest BCUT2D eigenvalue weighted by Crippen LogP contribution is -2.37. The third-order valence-corrected chi connectivity index (χ3v) is 6.90. The van der Waals surface area contributed by atoms with Crippen molar-refractivity contribution in [3.8, 4) is 17.2 Å². The lowest BCUT2D eigenvalue weighted by Gasteiger charge is -2.27. The van der Waals surface area contributed by atoms with Gasteiger partial charge in [-0.3, -0.25) is 4.90 Å². The Balaban J connectivity index is 1.26. The molecule has 7 heteroatoms. The molecule has 0 bridgehead atoms. The van der Waals surface area contributed by atoms with Crippen LogP contribution in [0.2, 0.25) is 0 Å². The van der Waals surface area contributed by atoms with Gasteiger partial charge in [-0.05, 0) is 75.9 Å². The van der Waals surface area contributed by atoms with Crippen LogP contribution in [-0.2, 0) is 13.1 Å². The fourth-order valence-electron chi connectivity index (χ4n) is 4.63. The van der Waals surface area contributed by atoms with Crippen LogP contribution in [0.4, 0.5) is 0 Å². The van der Waals surface area contributed by atoms with Crippen molar-refractivity contribution in [3.05, 3.63) is 71.8 Å². The summed E-state index contributed by atoms with van der Waals surface area (Å²) in [6, 6.07) is 14.1. The molecule has 1 aliphatic heterocycles. The van der Waals surface area contributed by atoms with Gasteiger partial charge in [-0.2, -0.15) is 0 Å². The molecule has 1 aromatic heterocycles. The average molecular weight is 494 g/mol. The van der Waals surface area contributed by atoms with Gasteiger partial charge >= 0.3 is 0 Å². The number of imidazole rings is 1. The quantitative estimate of drug-likeness (QED) is 0.388. The first kappa shape index (κ1) is 26.0. The number of aryl methyl sites for hydroxylation is 3. The van der Waals surface area contributed by atoms with Crippen molar-refractivity contribution in [2.45, 2.75) is 58.2 Å². The smallest absolute Gasteiger partial charge is 0.161 e. The van der Waals surface area contributed by atoms with Crippen LogP contribution in [0, 0.1) is 13.8 Å². The van der Waals surface area contributed by atoms with Gasteiger partial charge in [-0.25, -0.2) is 4.98 Å². The lowest BCUT2D eigenvalue weighted by molar-refractivity contribution is -0.0168. The van der Waals surface area contributed by atoms with E-state index in [0.29, 0.717) is 19.6 Å². The highest BCUT2D eigenvalue weighted by Gasteiger charge is 2.31. The number of likely N-dealkylation sites (tertiary alicyclic amines) is 1. The van der Waals surface area contributed by atoms with Gasteiger partial charge in [0, 0.05) is 32.0 Å². The minimum absolute atomic E-state index is 0.324. The number of methoxy groups -OCH3 is 1. The predicted molar refractivity (Wildman–Crippen MR) is 141 cm³/mol. The summed E-state index contributed by atoms with van der Waals surface area (Å²) in [5.74, 6) is 3.34. The molecule has 2 aromatic carbocycles. The standard InChI is InChI=1S/C29H39N3O4/c1-23-6-9-26(10-7-23)36-22-29(33)12-4-15-31(17-13-29)21-25-8-11-27(28(20-25)34-3)35-19-5-16-32-18-14-30-24(32)2/h6-11,14,18,20,33H,4-5,12-13,15-17,19,21-22H2,1-3H3/t29-/m0/s1. The van der Waals surface area contributed by atoms with Gasteiger partial charge in [0.05, 0.1) is 19.3 Å². The van der Waals surface area contributed by atoms with E-state index in [2.05, 4.69) is 33.5 Å². The van der Waals surface area contributed by atoms with Crippen molar-refractivity contribution >= 4 is 0 Å². The third kappa shape index (κ3) is 7.24. The average Bonchev–Trinajstić information content (AvgIpc) is 3.20. The van der Waals surface area contributed by atoms with Gasteiger partial charge in [0.2, 0.25) is 0 Å². The van der Waals surface area contributed by atoms with E-state index in [4.69, 9.17) is 14.2 Å². The van der Waals surface area contributed by atoms with Gasteiger partial charge in [0.1, 0.15) is 18.2 Å². The summed E-state index contributed by atoms with van der Waals surface area (Å²) in [7, 11) is 1.68. The highest BCUT2D eigenvalue weighted by atomic mass is 16.5. The fraction of sp³-hybridized carbons (Fsp3) is 0.483. The summed E-state index contributed by atoms with van der Waals surface area (Å²) < 4.78 is 19.7. The number of hydrogen-bond donors (Lipinski definition) is 1. The molecule has 1 N–H and O–H groups in total. The zero-order chi connectivity index (χ0) is 25.4. The Morgan fingerprint density at radius 2 is 1.83 bits per heavy atom. The Hall–Kier alpha value is -3.03. The predicted octanol–water partition coefficient (Wildman–Crippen LogP) is 4.77. The maximum atomic E-state index is 11.2. The topological polar surface area (TPSA) is 69.0 Å². The molecule has 0 unspecified atom stereocenters. The zero-order valence-corrected chi connectivity index (χ0v) is 21.8. The molecule has 0 aliphatic carbocycles. The van der Waals surface area contributed by atoms with Crippen molar-refractivity contribution in [3.63, 3.8) is 0 Å². The Morgan fingerprint density at radius 3 is 2.58 bits per heavy atom. The van der Waals surface area contributed by atoms with Gasteiger partial charge in [0.25, 0.3) is 0 Å². The number of hydrogen-bond acceptors (Lipinski definition) is 6. The van der Waals surface area contributed by atoms with Crippen molar-refractivity contribution in [2.24, 2.45) is 0 Å². The summed E-state index contributed by atoms with van der Waals surface area (Å²) in [4.78, 5) is 6.65. The first-order chi connectivity index (χ1) is 17.4. The highest BCUT2D eigenvalue weighted by Crippen LogP contribution is 2.30. The van der Waals surface area contributed by atoms with Crippen LogP contribution in [0.1, 0.15) is 42.6 Å². The van der Waals surface area contributed by atoms with Gasteiger partial charge in [-0.1, -0.05) is 23.8 Å². The molecule has 0 radical (unpaired) electrons. The minimum Gasteiger partial charge on any atom is -0.493 e. The number of rotatable bonds is 11. The summed E-state index contributed by atoms with van der Waals surface area (Å²) in [5, 5.41) is 11.2. The summed E-state index contributed by atoms with van der Waals surface area (Å²) >= 11 is 0. The number of aliphatic hydroxyl groups is 1. The van der Waals surface area contributed by atoms with E-state index in [1.807, 2.05) is 49.6 Å². The molecule has 1 saturated heterocycles. The molecule has 1 aliphatic rings. The van der Waals surface area contributed by atoms with Crippen molar-refractivity contribution in [1.29, 1.82) is 0 Å². The largest absolute Gasteiger partial charge is 0.493 e. The Labute approximate surface area is 214 Å². The normalized spacial score (nSPS) is 18.6. The van der Waals surface area contributed by atoms with Crippen molar-refractivity contribution < 1.29 is 19.3 Å². The second kappa shape index (κ2) is 12.3. The van der Waals surface area contributed by atoms with Crippen LogP contribution < -0.4 is 14.2 Å². The van der Waals surface area contributed by atoms with Crippen LogP contribution in [0.5, 0.6) is 17.2 Å². The number of ether oxygens (including phenoxy) is 3. The Bertz CT molecular complexity index is 1100. The summed E-state index contributed by atoms with van der Waals surface area (Å²) in [6.45, 7) is 8.45. The first-order valence-corrected chi connectivity index (χ1v) is 12.9. The molecular formula is C29H39N3O4. The number of benzene rings is 2. The molecule has 0 spiro atoms. The van der Waals surface area contributed by atoms with Crippen LogP contribution in [0.25, 0.3) is 0 Å². The van der Waals surface area contributed by atoms with E-state index in [9.17, 15) is 5.11 Å². The first-order valence-electron chi connectivity index (χ1n) is 12.9. The molecule has 3 aromatic rings. The molecule has 0 saturated carbocycles. The second-order valence-electron chi connectivity index (χ2n) is 9.81. The molecule has 1 fully saturated rings. The van der Waals surface area contributed by atoms with Crippen LogP contribution >= 0.6 is 0 Å². The van der Waals surface area contributed by atoms with E-state index < -0.39 is 5.60 Å². The molecule has 0 amide bonds. The van der Waals surface area contributed by atoms with Gasteiger partial charge in [0.15, 0.2) is 11.5 Å².